The molecule has 1 aliphatic heterocycles. The van der Waals surface area contributed by atoms with Crippen LogP contribution in [0, 0.1) is 20.8 Å². The van der Waals surface area contributed by atoms with Crippen molar-refractivity contribution in [3.8, 4) is 0 Å². The summed E-state index contributed by atoms with van der Waals surface area (Å²) in [5, 5.41) is 7.06. The number of hydrogen-bond donors (Lipinski definition) is 1. The number of aryl methyl sites for hydroxylation is 3. The number of piperidine rings is 1. The minimum absolute atomic E-state index is 0.0736. The third-order valence-corrected chi connectivity index (χ3v) is 7.72. The molecule has 4 rings (SSSR count). The van der Waals surface area contributed by atoms with E-state index in [-0.39, 0.29) is 17.7 Å². The van der Waals surface area contributed by atoms with Crippen molar-refractivity contribution in [1.82, 2.24) is 19.9 Å². The van der Waals surface area contributed by atoms with Crippen molar-refractivity contribution in [2.45, 2.75) is 39.5 Å². The van der Waals surface area contributed by atoms with Crippen LogP contribution in [0.25, 0.3) is 0 Å². The minimum Gasteiger partial charge on any atom is -0.338 e. The number of thiazole rings is 3. The lowest BCUT2D eigenvalue weighted by Gasteiger charge is -2.30. The summed E-state index contributed by atoms with van der Waals surface area (Å²) in [6, 6.07) is 0. The van der Waals surface area contributed by atoms with Crippen LogP contribution in [0.3, 0.4) is 0 Å². The largest absolute Gasteiger partial charge is 0.338 e. The molecule has 1 fully saturated rings. The SMILES string of the molecule is Cc1cnc(NC(=O)c2csc(C3CCN(C(=O)c4sc(C)nc4C)CC3)n2)s1. The number of amides is 2. The summed E-state index contributed by atoms with van der Waals surface area (Å²) in [5.74, 6) is 0.118. The van der Waals surface area contributed by atoms with Crippen molar-refractivity contribution >= 4 is 51.0 Å². The minimum atomic E-state index is -0.231. The summed E-state index contributed by atoms with van der Waals surface area (Å²) in [6.45, 7) is 7.15. The maximum Gasteiger partial charge on any atom is 0.276 e. The van der Waals surface area contributed by atoms with Gasteiger partial charge in [0.25, 0.3) is 11.8 Å². The molecule has 0 radical (unpaired) electrons. The van der Waals surface area contributed by atoms with Gasteiger partial charge in [0.2, 0.25) is 0 Å². The molecular weight excluding hydrogens is 426 g/mol. The number of carbonyl (C=O) groups is 2. The Kier molecular flexibility index (Phi) is 5.75. The van der Waals surface area contributed by atoms with Gasteiger partial charge in [-0.25, -0.2) is 15.0 Å². The summed E-state index contributed by atoms with van der Waals surface area (Å²) < 4.78 is 0. The molecule has 0 spiro atoms. The van der Waals surface area contributed by atoms with E-state index in [9.17, 15) is 9.59 Å². The lowest BCUT2D eigenvalue weighted by Crippen LogP contribution is -2.37. The summed E-state index contributed by atoms with van der Waals surface area (Å²) in [4.78, 5) is 41.9. The van der Waals surface area contributed by atoms with E-state index in [4.69, 9.17) is 0 Å². The Morgan fingerprint density at radius 3 is 2.52 bits per heavy atom. The fraction of sp³-hybridized carbons (Fsp3) is 0.421. The number of nitrogens with one attached hydrogen (secondary N) is 1. The highest BCUT2D eigenvalue weighted by atomic mass is 32.1. The molecule has 1 N–H and O–H groups in total. The zero-order valence-corrected chi connectivity index (χ0v) is 18.8. The Balaban J connectivity index is 1.36. The van der Waals surface area contributed by atoms with E-state index in [1.807, 2.05) is 25.7 Å². The Morgan fingerprint density at radius 2 is 1.90 bits per heavy atom. The fourth-order valence-electron chi connectivity index (χ4n) is 3.36. The third kappa shape index (κ3) is 4.39. The Morgan fingerprint density at radius 1 is 1.14 bits per heavy atom. The van der Waals surface area contributed by atoms with E-state index in [2.05, 4.69) is 20.3 Å². The molecule has 2 amide bonds. The summed E-state index contributed by atoms with van der Waals surface area (Å²) in [6.07, 6.45) is 3.43. The highest BCUT2D eigenvalue weighted by molar-refractivity contribution is 7.15. The number of carbonyl (C=O) groups excluding carboxylic acids is 2. The van der Waals surface area contributed by atoms with Crippen LogP contribution in [0.2, 0.25) is 0 Å². The van der Waals surface area contributed by atoms with Crippen LogP contribution in [0.1, 0.15) is 59.5 Å². The predicted octanol–water partition coefficient (Wildman–Crippen LogP) is 4.25. The van der Waals surface area contributed by atoms with Crippen LogP contribution in [0.5, 0.6) is 0 Å². The highest BCUT2D eigenvalue weighted by Crippen LogP contribution is 2.32. The number of anilines is 1. The van der Waals surface area contributed by atoms with Crippen molar-refractivity contribution in [3.63, 3.8) is 0 Å². The van der Waals surface area contributed by atoms with E-state index in [0.717, 1.165) is 38.3 Å². The Labute approximate surface area is 180 Å². The summed E-state index contributed by atoms with van der Waals surface area (Å²) in [5.41, 5.74) is 1.23. The first-order chi connectivity index (χ1) is 13.9. The molecule has 7 nitrogen and oxygen atoms in total. The first kappa shape index (κ1) is 20.1. The number of hydrogen-bond acceptors (Lipinski definition) is 8. The quantitative estimate of drug-likeness (QED) is 0.646. The van der Waals surface area contributed by atoms with Crippen molar-refractivity contribution in [3.05, 3.63) is 42.7 Å². The van der Waals surface area contributed by atoms with Gasteiger partial charge in [0, 0.05) is 35.5 Å². The monoisotopic (exact) mass is 447 g/mol. The topological polar surface area (TPSA) is 88.1 Å². The van der Waals surface area contributed by atoms with E-state index in [1.165, 1.54) is 34.0 Å². The smallest absolute Gasteiger partial charge is 0.276 e. The van der Waals surface area contributed by atoms with Crippen molar-refractivity contribution in [2.24, 2.45) is 0 Å². The van der Waals surface area contributed by atoms with Crippen LogP contribution in [-0.2, 0) is 0 Å². The van der Waals surface area contributed by atoms with Crippen LogP contribution < -0.4 is 5.32 Å². The first-order valence-electron chi connectivity index (χ1n) is 9.33. The van der Waals surface area contributed by atoms with Crippen molar-refractivity contribution in [1.29, 1.82) is 0 Å². The van der Waals surface area contributed by atoms with Gasteiger partial charge in [-0.3, -0.25) is 14.9 Å². The number of likely N-dealkylation sites (tertiary alicyclic amines) is 1. The van der Waals surface area contributed by atoms with E-state index in [0.29, 0.717) is 23.9 Å². The second-order valence-corrected chi connectivity index (χ2v) is 10.3. The molecular formula is C19H21N5O2S3. The number of aromatic nitrogens is 3. The van der Waals surface area contributed by atoms with E-state index in [1.54, 1.807) is 11.6 Å². The maximum atomic E-state index is 12.8. The molecule has 0 atom stereocenters. The van der Waals surface area contributed by atoms with Gasteiger partial charge in [-0.15, -0.1) is 34.0 Å². The van der Waals surface area contributed by atoms with E-state index < -0.39 is 0 Å². The van der Waals surface area contributed by atoms with Gasteiger partial charge in [-0.1, -0.05) is 0 Å². The first-order valence-corrected chi connectivity index (χ1v) is 11.8. The fourth-order valence-corrected chi connectivity index (χ4v) is 5.87. The maximum absolute atomic E-state index is 12.8. The van der Waals surface area contributed by atoms with Crippen LogP contribution in [-0.4, -0.2) is 44.8 Å². The normalized spacial score (nSPS) is 14.9. The Hall–Kier alpha value is -2.17. The van der Waals surface area contributed by atoms with Gasteiger partial charge in [-0.2, -0.15) is 0 Å². The lowest BCUT2D eigenvalue weighted by atomic mass is 9.97. The van der Waals surface area contributed by atoms with Crippen molar-refractivity contribution < 1.29 is 9.59 Å². The summed E-state index contributed by atoms with van der Waals surface area (Å²) >= 11 is 4.41. The molecule has 0 saturated carbocycles. The molecule has 10 heteroatoms. The second-order valence-electron chi connectivity index (χ2n) is 7.02. The molecule has 1 saturated heterocycles. The lowest BCUT2D eigenvalue weighted by molar-refractivity contribution is 0.0717. The molecule has 29 heavy (non-hydrogen) atoms. The average Bonchev–Trinajstić information content (AvgIpc) is 3.42. The van der Waals surface area contributed by atoms with Gasteiger partial charge in [0.1, 0.15) is 10.6 Å². The van der Waals surface area contributed by atoms with Gasteiger partial charge in [0.05, 0.1) is 15.7 Å². The van der Waals surface area contributed by atoms with Gasteiger partial charge in [-0.05, 0) is 33.6 Å². The standard InChI is InChI=1S/C19H21N5O2S3/c1-10-8-20-19(28-10)23-16(25)14-9-27-17(22-14)13-4-6-24(7-5-13)18(26)15-11(2)21-12(3)29-15/h8-9,13H,4-7H2,1-3H3,(H,20,23,25). The van der Waals surface area contributed by atoms with Crippen LogP contribution in [0.4, 0.5) is 5.13 Å². The predicted molar refractivity (Wildman–Crippen MR) is 116 cm³/mol. The Bertz CT molecular complexity index is 1050. The van der Waals surface area contributed by atoms with Gasteiger partial charge >= 0.3 is 0 Å². The van der Waals surface area contributed by atoms with Crippen LogP contribution >= 0.6 is 34.0 Å². The zero-order valence-electron chi connectivity index (χ0n) is 16.4. The third-order valence-electron chi connectivity index (χ3n) is 4.83. The van der Waals surface area contributed by atoms with Crippen LogP contribution in [0.15, 0.2) is 11.6 Å². The molecule has 1 aliphatic rings. The van der Waals surface area contributed by atoms with Gasteiger partial charge < -0.3 is 4.90 Å². The number of nitrogens with zero attached hydrogens (tertiary/aromatic N) is 4. The summed E-state index contributed by atoms with van der Waals surface area (Å²) in [7, 11) is 0. The molecule has 3 aromatic rings. The van der Waals surface area contributed by atoms with Crippen molar-refractivity contribution in [2.75, 3.05) is 18.4 Å². The van der Waals surface area contributed by atoms with Gasteiger partial charge in [0.15, 0.2) is 5.13 Å². The zero-order chi connectivity index (χ0) is 20.5. The molecule has 0 aromatic carbocycles. The second kappa shape index (κ2) is 8.29. The molecule has 152 valence electrons. The average molecular weight is 448 g/mol. The number of rotatable bonds is 4. The molecule has 0 unspecified atom stereocenters. The molecule has 3 aromatic heterocycles. The highest BCUT2D eigenvalue weighted by Gasteiger charge is 2.28. The molecule has 0 aliphatic carbocycles. The molecule has 4 heterocycles. The van der Waals surface area contributed by atoms with E-state index >= 15 is 0 Å². The molecule has 0 bridgehead atoms.